The molecule has 1 N–H and O–H groups in total. The summed E-state index contributed by atoms with van der Waals surface area (Å²) in [6.45, 7) is 0. The standard InChI is InChI=1S/C20H18N2O3S/c1-22-19(13-18(23)21-15-10-6-7-11-16(15)25-2)26-17(20(22)24)12-14-8-4-3-5-9-14/h3-13H,1-2H3,(H,21,23)/b17-12+,19-13+. The van der Waals surface area contributed by atoms with Crippen molar-refractivity contribution < 1.29 is 9.53 Å². The molecule has 3 aromatic rings. The van der Waals surface area contributed by atoms with Crippen molar-refractivity contribution in [2.75, 3.05) is 12.4 Å². The lowest BCUT2D eigenvalue weighted by molar-refractivity contribution is -0.110. The van der Waals surface area contributed by atoms with Crippen LogP contribution in [0.5, 0.6) is 5.75 Å². The third kappa shape index (κ3) is 3.92. The summed E-state index contributed by atoms with van der Waals surface area (Å²) in [5.41, 5.74) is 1.39. The van der Waals surface area contributed by atoms with Crippen LogP contribution in [-0.4, -0.2) is 17.6 Å². The highest BCUT2D eigenvalue weighted by molar-refractivity contribution is 7.07. The predicted octanol–water partition coefficient (Wildman–Crippen LogP) is 1.70. The van der Waals surface area contributed by atoms with E-state index in [0.717, 1.165) is 5.56 Å². The average Bonchev–Trinajstić information content (AvgIpc) is 2.91. The van der Waals surface area contributed by atoms with Gasteiger partial charge < -0.3 is 14.6 Å². The van der Waals surface area contributed by atoms with E-state index in [0.29, 0.717) is 20.6 Å². The van der Waals surface area contributed by atoms with Crippen molar-refractivity contribution in [3.8, 4) is 5.75 Å². The van der Waals surface area contributed by atoms with Crippen molar-refractivity contribution in [2.45, 2.75) is 0 Å². The number of para-hydroxylation sites is 2. The topological polar surface area (TPSA) is 60.3 Å². The molecular formula is C20H18N2O3S. The molecule has 132 valence electrons. The Morgan fingerprint density at radius 2 is 1.81 bits per heavy atom. The van der Waals surface area contributed by atoms with Crippen molar-refractivity contribution in [3.63, 3.8) is 0 Å². The highest BCUT2D eigenvalue weighted by Gasteiger charge is 2.06. The van der Waals surface area contributed by atoms with Gasteiger partial charge in [0.1, 0.15) is 10.4 Å². The van der Waals surface area contributed by atoms with E-state index in [9.17, 15) is 9.59 Å². The second kappa shape index (κ2) is 7.84. The average molecular weight is 366 g/mol. The summed E-state index contributed by atoms with van der Waals surface area (Å²) in [6, 6.07) is 16.8. The number of benzene rings is 2. The summed E-state index contributed by atoms with van der Waals surface area (Å²) >= 11 is 1.28. The Kier molecular flexibility index (Phi) is 5.34. The molecule has 0 aliphatic rings. The molecule has 5 nitrogen and oxygen atoms in total. The van der Waals surface area contributed by atoms with E-state index in [1.807, 2.05) is 48.5 Å². The fraction of sp³-hybridized carbons (Fsp3) is 0.100. The van der Waals surface area contributed by atoms with Crippen LogP contribution < -0.4 is 24.8 Å². The summed E-state index contributed by atoms with van der Waals surface area (Å²) in [6.07, 6.45) is 3.24. The Bertz CT molecular complexity index is 1100. The highest BCUT2D eigenvalue weighted by Crippen LogP contribution is 2.22. The quantitative estimate of drug-likeness (QED) is 0.765. The van der Waals surface area contributed by atoms with Crippen LogP contribution in [0.15, 0.2) is 59.4 Å². The Morgan fingerprint density at radius 3 is 2.54 bits per heavy atom. The Hall–Kier alpha value is -3.12. The molecule has 6 heteroatoms. The van der Waals surface area contributed by atoms with Crippen molar-refractivity contribution >= 4 is 35.1 Å². The lowest BCUT2D eigenvalue weighted by Gasteiger charge is -2.07. The number of carbonyl (C=O) groups excluding carboxylic acids is 1. The molecule has 0 fully saturated rings. The summed E-state index contributed by atoms with van der Waals surface area (Å²) in [5.74, 6) is 0.255. The number of hydrogen-bond donors (Lipinski definition) is 1. The molecule has 0 radical (unpaired) electrons. The molecule has 0 bridgehead atoms. The number of thiazole rings is 1. The van der Waals surface area contributed by atoms with Crippen LogP contribution in [0.25, 0.3) is 12.2 Å². The molecule has 0 aliphatic heterocycles. The smallest absolute Gasteiger partial charge is 0.268 e. The van der Waals surface area contributed by atoms with Crippen molar-refractivity contribution in [2.24, 2.45) is 7.05 Å². The molecule has 0 spiro atoms. The number of nitrogens with one attached hydrogen (secondary N) is 1. The first-order valence-electron chi connectivity index (χ1n) is 7.97. The second-order valence-corrected chi connectivity index (χ2v) is 6.62. The zero-order valence-corrected chi connectivity index (χ0v) is 15.2. The Morgan fingerprint density at radius 1 is 1.12 bits per heavy atom. The predicted molar refractivity (Wildman–Crippen MR) is 105 cm³/mol. The molecule has 26 heavy (non-hydrogen) atoms. The number of aromatic nitrogens is 1. The second-order valence-electron chi connectivity index (χ2n) is 5.56. The van der Waals surface area contributed by atoms with Crippen LogP contribution in [0.1, 0.15) is 5.56 Å². The molecule has 0 saturated carbocycles. The minimum atomic E-state index is -0.322. The molecule has 1 aromatic heterocycles. The van der Waals surface area contributed by atoms with Gasteiger partial charge in [-0.1, -0.05) is 42.5 Å². The largest absolute Gasteiger partial charge is 0.495 e. The van der Waals surface area contributed by atoms with E-state index in [-0.39, 0.29) is 11.5 Å². The monoisotopic (exact) mass is 366 g/mol. The minimum Gasteiger partial charge on any atom is -0.495 e. The highest BCUT2D eigenvalue weighted by atomic mass is 32.1. The van der Waals surface area contributed by atoms with E-state index in [4.69, 9.17) is 4.74 Å². The maximum atomic E-state index is 12.4. The maximum absolute atomic E-state index is 12.4. The van der Waals surface area contributed by atoms with E-state index in [1.165, 1.54) is 22.0 Å². The number of rotatable bonds is 4. The van der Waals surface area contributed by atoms with Gasteiger partial charge in [0.2, 0.25) is 0 Å². The van der Waals surface area contributed by atoms with Crippen molar-refractivity contribution in [3.05, 3.63) is 79.7 Å². The van der Waals surface area contributed by atoms with E-state index in [1.54, 1.807) is 26.3 Å². The van der Waals surface area contributed by atoms with E-state index >= 15 is 0 Å². The lowest BCUT2D eigenvalue weighted by Crippen LogP contribution is -2.29. The molecule has 0 saturated heterocycles. The van der Waals surface area contributed by atoms with Crippen LogP contribution in [0.2, 0.25) is 0 Å². The molecule has 0 atom stereocenters. The first-order valence-corrected chi connectivity index (χ1v) is 8.78. The molecule has 0 aliphatic carbocycles. The Labute approximate surface area is 154 Å². The molecular weight excluding hydrogens is 348 g/mol. The number of nitrogens with zero attached hydrogens (tertiary/aromatic N) is 1. The van der Waals surface area contributed by atoms with Crippen LogP contribution in [0, 0.1) is 0 Å². The summed E-state index contributed by atoms with van der Waals surface area (Å²) in [7, 11) is 3.20. The minimum absolute atomic E-state index is 0.129. The number of anilines is 1. The Balaban J connectivity index is 1.94. The molecule has 1 amide bonds. The van der Waals surface area contributed by atoms with Gasteiger partial charge in [-0.2, -0.15) is 0 Å². The fourth-order valence-corrected chi connectivity index (χ4v) is 3.47. The third-order valence-electron chi connectivity index (χ3n) is 3.78. The van der Waals surface area contributed by atoms with Crippen LogP contribution in [0.3, 0.4) is 0 Å². The number of carbonyl (C=O) groups is 1. The summed E-state index contributed by atoms with van der Waals surface area (Å²) in [5, 5.41) is 2.78. The van der Waals surface area contributed by atoms with Gasteiger partial charge in [0, 0.05) is 13.1 Å². The molecule has 1 heterocycles. The van der Waals surface area contributed by atoms with Crippen LogP contribution in [0.4, 0.5) is 5.69 Å². The number of ether oxygens (including phenoxy) is 1. The molecule has 0 unspecified atom stereocenters. The zero-order chi connectivity index (χ0) is 18.5. The van der Waals surface area contributed by atoms with Gasteiger partial charge in [0.15, 0.2) is 0 Å². The molecule has 2 aromatic carbocycles. The van der Waals surface area contributed by atoms with Crippen molar-refractivity contribution in [1.82, 2.24) is 4.57 Å². The normalized spacial score (nSPS) is 12.2. The van der Waals surface area contributed by atoms with Gasteiger partial charge in [-0.3, -0.25) is 9.59 Å². The van der Waals surface area contributed by atoms with Gasteiger partial charge in [0.05, 0.1) is 17.3 Å². The van der Waals surface area contributed by atoms with Gasteiger partial charge >= 0.3 is 0 Å². The lowest BCUT2D eigenvalue weighted by atomic mass is 10.2. The van der Waals surface area contributed by atoms with Crippen molar-refractivity contribution in [1.29, 1.82) is 0 Å². The maximum Gasteiger partial charge on any atom is 0.268 e. The van der Waals surface area contributed by atoms with Gasteiger partial charge in [0.25, 0.3) is 11.5 Å². The van der Waals surface area contributed by atoms with Crippen LogP contribution >= 0.6 is 11.3 Å². The zero-order valence-electron chi connectivity index (χ0n) is 14.4. The number of methoxy groups -OCH3 is 1. The third-order valence-corrected chi connectivity index (χ3v) is 4.89. The van der Waals surface area contributed by atoms with E-state index in [2.05, 4.69) is 5.32 Å². The SMILES string of the molecule is COc1ccccc1NC(=O)/C=c1/s/c(=C/c2ccccc2)c(=O)n1C. The number of amides is 1. The fourth-order valence-electron chi connectivity index (χ4n) is 2.44. The van der Waals surface area contributed by atoms with Crippen LogP contribution in [-0.2, 0) is 11.8 Å². The first kappa shape index (κ1) is 17.7. The van der Waals surface area contributed by atoms with Gasteiger partial charge in [-0.25, -0.2) is 0 Å². The number of hydrogen-bond acceptors (Lipinski definition) is 4. The summed E-state index contributed by atoms with van der Waals surface area (Å²) in [4.78, 5) is 24.7. The summed E-state index contributed by atoms with van der Waals surface area (Å²) < 4.78 is 7.85. The van der Waals surface area contributed by atoms with Gasteiger partial charge in [-0.05, 0) is 23.8 Å². The van der Waals surface area contributed by atoms with E-state index < -0.39 is 0 Å². The van der Waals surface area contributed by atoms with Gasteiger partial charge in [-0.15, -0.1) is 11.3 Å². The molecule has 3 rings (SSSR count). The first-order chi connectivity index (χ1) is 12.6.